The number of ether oxygens (including phenoxy) is 2. The van der Waals surface area contributed by atoms with Gasteiger partial charge in [-0.05, 0) is 42.8 Å². The molecule has 6 rings (SSSR count). The zero-order valence-corrected chi connectivity index (χ0v) is 19.1. The van der Waals surface area contributed by atoms with Gasteiger partial charge in [0.2, 0.25) is 11.6 Å². The van der Waals surface area contributed by atoms with Gasteiger partial charge in [0.05, 0.1) is 12.7 Å². The van der Waals surface area contributed by atoms with Crippen LogP contribution in [0.1, 0.15) is 28.2 Å². The lowest BCUT2D eigenvalue weighted by Gasteiger charge is -2.29. The number of nitrogens with one attached hydrogen (secondary N) is 1. The largest absolute Gasteiger partial charge is 0.497 e. The summed E-state index contributed by atoms with van der Waals surface area (Å²) in [6, 6.07) is 23.3. The van der Waals surface area contributed by atoms with E-state index in [1.54, 1.807) is 13.2 Å². The van der Waals surface area contributed by atoms with Gasteiger partial charge in [0.25, 0.3) is 0 Å². The van der Waals surface area contributed by atoms with Crippen LogP contribution < -0.4 is 20.4 Å². The fourth-order valence-corrected chi connectivity index (χ4v) is 4.60. The van der Waals surface area contributed by atoms with Crippen molar-refractivity contribution in [2.24, 2.45) is 0 Å². The van der Waals surface area contributed by atoms with Gasteiger partial charge in [0, 0.05) is 22.6 Å². The minimum Gasteiger partial charge on any atom is -0.497 e. The monoisotopic (exact) mass is 463 g/mol. The Bertz CT molecular complexity index is 1630. The zero-order valence-electron chi connectivity index (χ0n) is 19.1. The van der Waals surface area contributed by atoms with E-state index in [2.05, 4.69) is 21.4 Å². The van der Waals surface area contributed by atoms with E-state index >= 15 is 0 Å². The van der Waals surface area contributed by atoms with Crippen LogP contribution in [0.3, 0.4) is 0 Å². The van der Waals surface area contributed by atoms with Crippen LogP contribution in [0, 0.1) is 6.92 Å². The standard InChI is InChI=1S/C28H21N3O4/c1-16-6-5-7-17(14-16)22-23-20-8-3-4-9-21(20)34-28(32)25(23)35-27-24(22)26(29-15-30-27)31-18-10-12-19(33-2)13-11-18/h3-15,22H,1-2H3,(H,29,30,31). The Labute approximate surface area is 201 Å². The van der Waals surface area contributed by atoms with E-state index in [4.69, 9.17) is 13.9 Å². The average molecular weight is 463 g/mol. The molecule has 3 aromatic carbocycles. The van der Waals surface area contributed by atoms with Crippen molar-refractivity contribution in [3.63, 3.8) is 0 Å². The summed E-state index contributed by atoms with van der Waals surface area (Å²) < 4.78 is 17.0. The van der Waals surface area contributed by atoms with Crippen LogP contribution in [0.5, 0.6) is 17.4 Å². The van der Waals surface area contributed by atoms with E-state index in [1.165, 1.54) is 6.33 Å². The number of aromatic nitrogens is 2. The highest BCUT2D eigenvalue weighted by Crippen LogP contribution is 2.50. The van der Waals surface area contributed by atoms with Crippen LogP contribution in [0.25, 0.3) is 11.0 Å². The lowest BCUT2D eigenvalue weighted by atomic mass is 9.82. The fourth-order valence-electron chi connectivity index (χ4n) is 4.60. The molecule has 7 nitrogen and oxygen atoms in total. The van der Waals surface area contributed by atoms with Gasteiger partial charge in [-0.1, -0.05) is 48.0 Å². The third kappa shape index (κ3) is 3.58. The topological polar surface area (TPSA) is 86.5 Å². The Morgan fingerprint density at radius 2 is 1.77 bits per heavy atom. The quantitative estimate of drug-likeness (QED) is 0.324. The minimum atomic E-state index is -0.537. The van der Waals surface area contributed by atoms with Crippen molar-refractivity contribution in [1.82, 2.24) is 9.97 Å². The number of benzene rings is 3. The predicted octanol–water partition coefficient (Wildman–Crippen LogP) is 5.93. The molecule has 1 N–H and O–H groups in total. The number of nitrogens with zero attached hydrogens (tertiary/aromatic N) is 2. The smallest absolute Gasteiger partial charge is 0.380 e. The highest BCUT2D eigenvalue weighted by Gasteiger charge is 2.37. The van der Waals surface area contributed by atoms with Gasteiger partial charge < -0.3 is 19.2 Å². The van der Waals surface area contributed by atoms with Crippen molar-refractivity contribution in [3.8, 4) is 17.4 Å². The number of hydrogen-bond acceptors (Lipinski definition) is 7. The molecule has 0 saturated carbocycles. The second-order valence-corrected chi connectivity index (χ2v) is 8.37. The van der Waals surface area contributed by atoms with Crippen molar-refractivity contribution in [3.05, 3.63) is 112 Å². The van der Waals surface area contributed by atoms with Gasteiger partial charge in [0.15, 0.2) is 0 Å². The number of hydrogen-bond donors (Lipinski definition) is 1. The molecule has 0 amide bonds. The zero-order chi connectivity index (χ0) is 23.9. The molecular formula is C28H21N3O4. The first-order valence-corrected chi connectivity index (χ1v) is 11.2. The first-order valence-electron chi connectivity index (χ1n) is 11.2. The Hall–Kier alpha value is -4.65. The molecule has 0 fully saturated rings. The highest BCUT2D eigenvalue weighted by atomic mass is 16.5. The maximum absolute atomic E-state index is 13.0. The van der Waals surface area contributed by atoms with E-state index < -0.39 is 5.63 Å². The first-order chi connectivity index (χ1) is 17.1. The third-order valence-corrected chi connectivity index (χ3v) is 6.16. The molecule has 0 bridgehead atoms. The van der Waals surface area contributed by atoms with Crippen LogP contribution in [-0.2, 0) is 0 Å². The first kappa shape index (κ1) is 20.9. The number of para-hydroxylation sites is 1. The number of aryl methyl sites for hydroxylation is 1. The highest BCUT2D eigenvalue weighted by molar-refractivity contribution is 5.86. The second-order valence-electron chi connectivity index (χ2n) is 8.37. The summed E-state index contributed by atoms with van der Waals surface area (Å²) in [6.07, 6.45) is 1.42. The Morgan fingerprint density at radius 3 is 2.57 bits per heavy atom. The molecule has 1 aliphatic heterocycles. The summed E-state index contributed by atoms with van der Waals surface area (Å²) in [7, 11) is 1.63. The lowest BCUT2D eigenvalue weighted by molar-refractivity contribution is 0.399. The normalized spacial score (nSPS) is 14.1. The molecule has 35 heavy (non-hydrogen) atoms. The molecular weight excluding hydrogens is 442 g/mol. The molecule has 3 heterocycles. The van der Waals surface area contributed by atoms with E-state index in [-0.39, 0.29) is 11.7 Å². The summed E-state index contributed by atoms with van der Waals surface area (Å²) in [5.74, 6) is 1.46. The summed E-state index contributed by atoms with van der Waals surface area (Å²) in [4.78, 5) is 22.0. The fraction of sp³-hybridized carbons (Fsp3) is 0.107. The number of anilines is 2. The minimum absolute atomic E-state index is 0.150. The lowest BCUT2D eigenvalue weighted by Crippen LogP contribution is -2.20. The van der Waals surface area contributed by atoms with Crippen LogP contribution in [-0.4, -0.2) is 17.1 Å². The van der Waals surface area contributed by atoms with Crippen molar-refractivity contribution in [2.75, 3.05) is 12.4 Å². The molecule has 1 aliphatic rings. The van der Waals surface area contributed by atoms with Gasteiger partial charge in [-0.25, -0.2) is 14.8 Å². The number of fused-ring (bicyclic) bond motifs is 4. The van der Waals surface area contributed by atoms with Crippen LogP contribution in [0.2, 0.25) is 0 Å². The number of rotatable bonds is 4. The maximum Gasteiger partial charge on any atom is 0.380 e. The van der Waals surface area contributed by atoms with Gasteiger partial charge in [0.1, 0.15) is 23.5 Å². The predicted molar refractivity (Wildman–Crippen MR) is 133 cm³/mol. The molecule has 1 unspecified atom stereocenters. The maximum atomic E-state index is 13.0. The van der Waals surface area contributed by atoms with Crippen molar-refractivity contribution < 1.29 is 13.9 Å². The summed E-state index contributed by atoms with van der Waals surface area (Å²) in [5, 5.41) is 4.21. The molecule has 2 aromatic heterocycles. The molecule has 0 saturated heterocycles. The molecule has 0 spiro atoms. The van der Waals surface area contributed by atoms with Crippen LogP contribution >= 0.6 is 0 Å². The molecule has 1 atom stereocenters. The van der Waals surface area contributed by atoms with Crippen LogP contribution in [0.4, 0.5) is 11.5 Å². The van der Waals surface area contributed by atoms with E-state index in [0.29, 0.717) is 17.3 Å². The van der Waals surface area contributed by atoms with Crippen LogP contribution in [0.15, 0.2) is 88.3 Å². The van der Waals surface area contributed by atoms with Crippen molar-refractivity contribution in [1.29, 1.82) is 0 Å². The van der Waals surface area contributed by atoms with Gasteiger partial charge in [-0.15, -0.1) is 0 Å². The van der Waals surface area contributed by atoms with E-state index in [0.717, 1.165) is 39.1 Å². The van der Waals surface area contributed by atoms with Crippen molar-refractivity contribution in [2.45, 2.75) is 12.8 Å². The Morgan fingerprint density at radius 1 is 0.943 bits per heavy atom. The Kier molecular flexibility index (Phi) is 4.95. The average Bonchev–Trinajstić information content (AvgIpc) is 2.88. The molecule has 0 aliphatic carbocycles. The van der Waals surface area contributed by atoms with Gasteiger partial charge >= 0.3 is 5.63 Å². The molecule has 172 valence electrons. The van der Waals surface area contributed by atoms with Gasteiger partial charge in [-0.2, -0.15) is 0 Å². The SMILES string of the molecule is COc1ccc(Nc2ncnc3c2C(c2cccc(C)c2)c2c(c(=O)oc4ccccc24)O3)cc1. The van der Waals surface area contributed by atoms with Crippen molar-refractivity contribution >= 4 is 22.5 Å². The van der Waals surface area contributed by atoms with Gasteiger partial charge in [-0.3, -0.25) is 0 Å². The third-order valence-electron chi connectivity index (χ3n) is 6.16. The summed E-state index contributed by atoms with van der Waals surface area (Å²) in [6.45, 7) is 2.04. The summed E-state index contributed by atoms with van der Waals surface area (Å²) >= 11 is 0. The van der Waals surface area contributed by atoms with E-state index in [9.17, 15) is 4.79 Å². The Balaban J connectivity index is 1.61. The molecule has 0 radical (unpaired) electrons. The second kappa shape index (κ2) is 8.29. The molecule has 7 heteroatoms. The molecule has 5 aromatic rings. The summed E-state index contributed by atoms with van der Waals surface area (Å²) in [5.41, 5.74) is 4.38. The van der Waals surface area contributed by atoms with E-state index in [1.807, 2.05) is 67.6 Å². The number of methoxy groups -OCH3 is 1.